The Morgan fingerprint density at radius 2 is 2.00 bits per heavy atom. The summed E-state index contributed by atoms with van der Waals surface area (Å²) in [6, 6.07) is 8.96. The van der Waals surface area contributed by atoms with Gasteiger partial charge < -0.3 is 4.90 Å². The zero-order valence-electron chi connectivity index (χ0n) is 11.8. The monoisotopic (exact) mass is 270 g/mol. The Bertz CT molecular complexity index is 555. The van der Waals surface area contributed by atoms with Gasteiger partial charge in [-0.25, -0.2) is 0 Å². The molecule has 0 saturated carbocycles. The van der Waals surface area contributed by atoms with Crippen LogP contribution < -0.4 is 4.90 Å². The lowest BCUT2D eigenvalue weighted by molar-refractivity contribution is -0.135. The summed E-state index contributed by atoms with van der Waals surface area (Å²) in [5, 5.41) is 8.79. The Balaban J connectivity index is 2.21. The Morgan fingerprint density at radius 1 is 1.35 bits per heavy atom. The second-order valence-electron chi connectivity index (χ2n) is 5.40. The number of nitrogens with zero attached hydrogens (tertiary/aromatic N) is 2. The average molecular weight is 270 g/mol. The van der Waals surface area contributed by atoms with Crippen molar-refractivity contribution in [2.45, 2.75) is 26.7 Å². The zero-order chi connectivity index (χ0) is 14.7. The highest BCUT2D eigenvalue weighted by atomic mass is 16.2. The third kappa shape index (κ3) is 2.72. The maximum absolute atomic E-state index is 12.5. The van der Waals surface area contributed by atoms with Gasteiger partial charge in [0.2, 0.25) is 5.91 Å². The molecule has 1 aliphatic heterocycles. The smallest absolute Gasteiger partial charge is 0.237 e. The molecule has 0 N–H and O–H groups in total. The molecule has 2 rings (SSSR count). The number of rotatable bonds is 3. The fourth-order valence-electron chi connectivity index (χ4n) is 2.51. The van der Waals surface area contributed by atoms with Crippen molar-refractivity contribution in [1.29, 1.82) is 5.26 Å². The first-order chi connectivity index (χ1) is 9.54. The number of carbonyl (C=O) groups is 2. The Hall–Kier alpha value is -2.15. The van der Waals surface area contributed by atoms with Crippen molar-refractivity contribution in [2.75, 3.05) is 11.4 Å². The molecule has 0 radical (unpaired) electrons. The molecule has 20 heavy (non-hydrogen) atoms. The fourth-order valence-corrected chi connectivity index (χ4v) is 2.51. The number of carbonyl (C=O) groups excluding carboxylic acids is 2. The average Bonchev–Trinajstić information content (AvgIpc) is 2.47. The van der Waals surface area contributed by atoms with Gasteiger partial charge in [-0.05, 0) is 37.1 Å². The highest BCUT2D eigenvalue weighted by Crippen LogP contribution is 2.26. The van der Waals surface area contributed by atoms with E-state index in [1.165, 1.54) is 0 Å². The van der Waals surface area contributed by atoms with Crippen molar-refractivity contribution in [1.82, 2.24) is 0 Å². The van der Waals surface area contributed by atoms with E-state index in [1.54, 1.807) is 29.2 Å². The van der Waals surface area contributed by atoms with Crippen LogP contribution in [0.1, 0.15) is 32.3 Å². The molecule has 0 aliphatic carbocycles. The van der Waals surface area contributed by atoms with Crippen molar-refractivity contribution in [3.8, 4) is 6.07 Å². The molecular formula is C16H18N2O2. The van der Waals surface area contributed by atoms with E-state index in [2.05, 4.69) is 6.07 Å². The lowest BCUT2D eigenvalue weighted by atomic mass is 9.87. The number of amides is 1. The molecule has 1 aromatic rings. The minimum atomic E-state index is -0.514. The first-order valence-corrected chi connectivity index (χ1v) is 6.90. The van der Waals surface area contributed by atoms with Gasteiger partial charge in [-0.15, -0.1) is 0 Å². The number of hydrogen-bond acceptors (Lipinski definition) is 3. The highest BCUT2D eigenvalue weighted by Gasteiger charge is 2.35. The quantitative estimate of drug-likeness (QED) is 0.793. The number of hydrogen-bond donors (Lipinski definition) is 0. The van der Waals surface area contributed by atoms with Crippen LogP contribution in [0.15, 0.2) is 24.3 Å². The molecule has 0 aromatic heterocycles. The molecule has 1 fully saturated rings. The van der Waals surface area contributed by atoms with Gasteiger partial charge in [0, 0.05) is 18.2 Å². The van der Waals surface area contributed by atoms with E-state index in [4.69, 9.17) is 5.26 Å². The van der Waals surface area contributed by atoms with Crippen molar-refractivity contribution in [2.24, 2.45) is 11.8 Å². The van der Waals surface area contributed by atoms with Crippen molar-refractivity contribution in [3.63, 3.8) is 0 Å². The molecule has 1 unspecified atom stereocenters. The Morgan fingerprint density at radius 3 is 2.55 bits per heavy atom. The Kier molecular flexibility index (Phi) is 4.19. The predicted octanol–water partition coefficient (Wildman–Crippen LogP) is 2.53. The van der Waals surface area contributed by atoms with Gasteiger partial charge >= 0.3 is 0 Å². The summed E-state index contributed by atoms with van der Waals surface area (Å²) in [6.45, 7) is 4.29. The number of Topliss-reactive ketones (excluding diaryl/α,β-unsaturated/α-hetero) is 1. The normalized spacial score (nSPS) is 19.0. The first-order valence-electron chi connectivity index (χ1n) is 6.90. The number of nitriles is 1. The summed E-state index contributed by atoms with van der Waals surface area (Å²) >= 11 is 0. The van der Waals surface area contributed by atoms with Gasteiger partial charge in [0.1, 0.15) is 5.78 Å². The van der Waals surface area contributed by atoms with Gasteiger partial charge in [0.05, 0.1) is 17.6 Å². The minimum absolute atomic E-state index is 0.0216. The van der Waals surface area contributed by atoms with Crippen LogP contribution >= 0.6 is 0 Å². The molecule has 0 bridgehead atoms. The second-order valence-corrected chi connectivity index (χ2v) is 5.40. The summed E-state index contributed by atoms with van der Waals surface area (Å²) in [7, 11) is 0. The van der Waals surface area contributed by atoms with Crippen LogP contribution in [0.3, 0.4) is 0 Å². The number of benzene rings is 1. The molecule has 0 spiro atoms. The first kappa shape index (κ1) is 14.3. The lowest BCUT2D eigenvalue weighted by Crippen LogP contribution is -2.45. The van der Waals surface area contributed by atoms with Gasteiger partial charge in [-0.3, -0.25) is 9.59 Å². The van der Waals surface area contributed by atoms with E-state index in [-0.39, 0.29) is 17.6 Å². The number of piperidine rings is 1. The largest absolute Gasteiger partial charge is 0.312 e. The molecule has 104 valence electrons. The van der Waals surface area contributed by atoms with Crippen LogP contribution in [-0.2, 0) is 9.59 Å². The maximum Gasteiger partial charge on any atom is 0.237 e. The van der Waals surface area contributed by atoms with E-state index < -0.39 is 5.92 Å². The molecule has 1 atom stereocenters. The van der Waals surface area contributed by atoms with E-state index in [9.17, 15) is 9.59 Å². The van der Waals surface area contributed by atoms with Crippen molar-refractivity contribution >= 4 is 17.4 Å². The summed E-state index contributed by atoms with van der Waals surface area (Å²) < 4.78 is 0. The highest BCUT2D eigenvalue weighted by molar-refractivity contribution is 6.09. The summed E-state index contributed by atoms with van der Waals surface area (Å²) in [4.78, 5) is 26.2. The van der Waals surface area contributed by atoms with Crippen LogP contribution in [0.2, 0.25) is 0 Å². The molecule has 4 nitrogen and oxygen atoms in total. The van der Waals surface area contributed by atoms with E-state index in [0.29, 0.717) is 18.5 Å². The van der Waals surface area contributed by atoms with Crippen LogP contribution in [0.25, 0.3) is 0 Å². The molecule has 1 heterocycles. The van der Waals surface area contributed by atoms with Crippen LogP contribution in [-0.4, -0.2) is 18.2 Å². The van der Waals surface area contributed by atoms with Crippen LogP contribution in [0.5, 0.6) is 0 Å². The Labute approximate surface area is 119 Å². The van der Waals surface area contributed by atoms with Crippen molar-refractivity contribution in [3.05, 3.63) is 29.8 Å². The number of anilines is 1. The van der Waals surface area contributed by atoms with E-state index in [0.717, 1.165) is 12.1 Å². The molecule has 1 aromatic carbocycles. The summed E-state index contributed by atoms with van der Waals surface area (Å²) in [6.07, 6.45) is 1.47. The van der Waals surface area contributed by atoms with E-state index >= 15 is 0 Å². The molecule has 1 saturated heterocycles. The van der Waals surface area contributed by atoms with Gasteiger partial charge in [-0.2, -0.15) is 5.26 Å². The zero-order valence-corrected chi connectivity index (χ0v) is 11.8. The summed E-state index contributed by atoms with van der Waals surface area (Å²) in [5.74, 6) is -0.725. The standard InChI is InChI=1S/C16H18N2O2/c1-11(2)15(19)14-4-3-9-18(16(14)20)13-7-5-12(10-17)6-8-13/h5-8,11,14H,3-4,9H2,1-2H3. The maximum atomic E-state index is 12.5. The predicted molar refractivity (Wildman–Crippen MR) is 76.1 cm³/mol. The van der Waals surface area contributed by atoms with Crippen LogP contribution in [0, 0.1) is 23.2 Å². The van der Waals surface area contributed by atoms with E-state index in [1.807, 2.05) is 13.8 Å². The van der Waals surface area contributed by atoms with Crippen molar-refractivity contribution < 1.29 is 9.59 Å². The topological polar surface area (TPSA) is 61.2 Å². The van der Waals surface area contributed by atoms with Crippen LogP contribution in [0.4, 0.5) is 5.69 Å². The lowest BCUT2D eigenvalue weighted by Gasteiger charge is -2.32. The third-order valence-electron chi connectivity index (χ3n) is 3.66. The molecule has 1 amide bonds. The van der Waals surface area contributed by atoms with Gasteiger partial charge in [0.15, 0.2) is 0 Å². The SMILES string of the molecule is CC(C)C(=O)C1CCCN(c2ccc(C#N)cc2)C1=O. The second kappa shape index (κ2) is 5.87. The molecular weight excluding hydrogens is 252 g/mol. The third-order valence-corrected chi connectivity index (χ3v) is 3.66. The van der Waals surface area contributed by atoms with Gasteiger partial charge in [0.25, 0.3) is 0 Å². The number of ketones is 1. The summed E-state index contributed by atoms with van der Waals surface area (Å²) in [5.41, 5.74) is 1.32. The molecule has 4 heteroatoms. The minimum Gasteiger partial charge on any atom is -0.312 e. The molecule has 1 aliphatic rings. The van der Waals surface area contributed by atoms with Gasteiger partial charge in [-0.1, -0.05) is 13.8 Å². The fraction of sp³-hybridized carbons (Fsp3) is 0.438.